The molecule has 4 nitrogen and oxygen atoms in total. The van der Waals surface area contributed by atoms with Crippen molar-refractivity contribution < 1.29 is 9.53 Å². The quantitative estimate of drug-likeness (QED) is 0.691. The monoisotopic (exact) mass is 214 g/mol. The molecule has 0 aromatic carbocycles. The zero-order valence-corrected chi connectivity index (χ0v) is 9.95. The maximum absolute atomic E-state index is 11.2. The van der Waals surface area contributed by atoms with Crippen molar-refractivity contribution in [2.75, 3.05) is 34.3 Å². The summed E-state index contributed by atoms with van der Waals surface area (Å²) < 4.78 is 4.71. The van der Waals surface area contributed by atoms with E-state index < -0.39 is 0 Å². The second-order valence-corrected chi connectivity index (χ2v) is 4.34. The average Bonchev–Trinajstić information content (AvgIpc) is 2.25. The first-order chi connectivity index (χ1) is 7.17. The van der Waals surface area contributed by atoms with Crippen molar-refractivity contribution in [3.8, 4) is 0 Å². The first-order valence-electron chi connectivity index (χ1n) is 5.60. The number of carbonyl (C=O) groups is 1. The van der Waals surface area contributed by atoms with Crippen LogP contribution >= 0.6 is 0 Å². The number of hydrogen-bond donors (Lipinski definition) is 1. The SMILES string of the molecule is CNC(CC(=O)OC)C1CCCN(C)C1. The Hall–Kier alpha value is -0.610. The van der Waals surface area contributed by atoms with E-state index in [1.165, 1.54) is 26.5 Å². The molecule has 0 spiro atoms. The van der Waals surface area contributed by atoms with E-state index in [1.807, 2.05) is 7.05 Å². The summed E-state index contributed by atoms with van der Waals surface area (Å²) in [6.07, 6.45) is 2.90. The third kappa shape index (κ3) is 3.80. The van der Waals surface area contributed by atoms with Crippen LogP contribution in [0.15, 0.2) is 0 Å². The van der Waals surface area contributed by atoms with Crippen LogP contribution in [0.1, 0.15) is 19.3 Å². The summed E-state index contributed by atoms with van der Waals surface area (Å²) in [5.41, 5.74) is 0. The van der Waals surface area contributed by atoms with Gasteiger partial charge in [0, 0.05) is 12.6 Å². The highest BCUT2D eigenvalue weighted by Gasteiger charge is 2.26. The number of methoxy groups -OCH3 is 1. The number of nitrogens with zero attached hydrogens (tertiary/aromatic N) is 1. The predicted molar refractivity (Wildman–Crippen MR) is 59.7 cm³/mol. The lowest BCUT2D eigenvalue weighted by molar-refractivity contribution is -0.141. The lowest BCUT2D eigenvalue weighted by Gasteiger charge is -2.34. The van der Waals surface area contributed by atoms with Crippen LogP contribution in [0.3, 0.4) is 0 Å². The van der Waals surface area contributed by atoms with E-state index in [4.69, 9.17) is 4.74 Å². The van der Waals surface area contributed by atoms with Gasteiger partial charge in [0.15, 0.2) is 0 Å². The number of piperidine rings is 1. The standard InChI is InChI=1S/C11H22N2O2/c1-12-10(7-11(14)15-3)9-5-4-6-13(2)8-9/h9-10,12H,4-8H2,1-3H3. The summed E-state index contributed by atoms with van der Waals surface area (Å²) in [7, 11) is 5.50. The van der Waals surface area contributed by atoms with E-state index in [0.717, 1.165) is 6.54 Å². The van der Waals surface area contributed by atoms with Crippen LogP contribution in [-0.4, -0.2) is 51.2 Å². The summed E-state index contributed by atoms with van der Waals surface area (Å²) in [4.78, 5) is 13.6. The Morgan fingerprint density at radius 1 is 1.67 bits per heavy atom. The summed E-state index contributed by atoms with van der Waals surface area (Å²) in [6, 6.07) is 0.250. The third-order valence-corrected chi connectivity index (χ3v) is 3.22. The molecule has 4 heteroatoms. The van der Waals surface area contributed by atoms with E-state index in [0.29, 0.717) is 12.3 Å². The molecule has 0 aromatic heterocycles. The fourth-order valence-electron chi connectivity index (χ4n) is 2.30. The van der Waals surface area contributed by atoms with Crippen LogP contribution in [0, 0.1) is 5.92 Å². The minimum Gasteiger partial charge on any atom is -0.469 e. The minimum absolute atomic E-state index is 0.123. The van der Waals surface area contributed by atoms with Crippen molar-refractivity contribution in [2.24, 2.45) is 5.92 Å². The highest BCUT2D eigenvalue weighted by atomic mass is 16.5. The number of ether oxygens (including phenoxy) is 1. The minimum atomic E-state index is -0.123. The van der Waals surface area contributed by atoms with E-state index >= 15 is 0 Å². The third-order valence-electron chi connectivity index (χ3n) is 3.22. The Balaban J connectivity index is 2.45. The molecule has 0 aliphatic carbocycles. The molecule has 1 saturated heterocycles. The Labute approximate surface area is 92.0 Å². The Kier molecular flexibility index (Phi) is 5.05. The molecule has 1 aliphatic heterocycles. The summed E-state index contributed by atoms with van der Waals surface area (Å²) >= 11 is 0. The second kappa shape index (κ2) is 6.08. The van der Waals surface area contributed by atoms with Gasteiger partial charge < -0.3 is 15.0 Å². The van der Waals surface area contributed by atoms with Crippen molar-refractivity contribution in [3.63, 3.8) is 0 Å². The van der Waals surface area contributed by atoms with Crippen LogP contribution in [-0.2, 0) is 9.53 Å². The molecule has 0 bridgehead atoms. The fraction of sp³-hybridized carbons (Fsp3) is 0.909. The molecule has 0 saturated carbocycles. The van der Waals surface area contributed by atoms with Gasteiger partial charge >= 0.3 is 5.97 Å². The number of likely N-dealkylation sites (tertiary alicyclic amines) is 1. The number of nitrogens with one attached hydrogen (secondary N) is 1. The van der Waals surface area contributed by atoms with Gasteiger partial charge in [0.2, 0.25) is 0 Å². The maximum atomic E-state index is 11.2. The van der Waals surface area contributed by atoms with E-state index in [1.54, 1.807) is 0 Å². The lowest BCUT2D eigenvalue weighted by Crippen LogP contribution is -2.44. The van der Waals surface area contributed by atoms with Crippen LogP contribution in [0.4, 0.5) is 0 Å². The fourth-order valence-corrected chi connectivity index (χ4v) is 2.30. The lowest BCUT2D eigenvalue weighted by atomic mass is 9.89. The highest BCUT2D eigenvalue weighted by molar-refractivity contribution is 5.69. The van der Waals surface area contributed by atoms with Crippen LogP contribution in [0.25, 0.3) is 0 Å². The molecule has 1 N–H and O–H groups in total. The Morgan fingerprint density at radius 3 is 2.93 bits per heavy atom. The van der Waals surface area contributed by atoms with Crippen molar-refractivity contribution in [2.45, 2.75) is 25.3 Å². The second-order valence-electron chi connectivity index (χ2n) is 4.34. The predicted octanol–water partition coefficient (Wildman–Crippen LogP) is 0.479. The van der Waals surface area contributed by atoms with E-state index in [-0.39, 0.29) is 12.0 Å². The maximum Gasteiger partial charge on any atom is 0.307 e. The average molecular weight is 214 g/mol. The van der Waals surface area contributed by atoms with Crippen molar-refractivity contribution in [3.05, 3.63) is 0 Å². The molecule has 0 radical (unpaired) electrons. The van der Waals surface area contributed by atoms with Crippen LogP contribution in [0.5, 0.6) is 0 Å². The normalized spacial score (nSPS) is 24.9. The van der Waals surface area contributed by atoms with E-state index in [9.17, 15) is 4.79 Å². The van der Waals surface area contributed by atoms with Crippen molar-refractivity contribution in [1.82, 2.24) is 10.2 Å². The van der Waals surface area contributed by atoms with Crippen LogP contribution < -0.4 is 5.32 Å². The first-order valence-corrected chi connectivity index (χ1v) is 5.60. The topological polar surface area (TPSA) is 41.6 Å². The van der Waals surface area contributed by atoms with Gasteiger partial charge in [0.25, 0.3) is 0 Å². The molecule has 2 unspecified atom stereocenters. The summed E-state index contributed by atoms with van der Waals surface area (Å²) in [5, 5.41) is 3.23. The zero-order chi connectivity index (χ0) is 11.3. The smallest absolute Gasteiger partial charge is 0.307 e. The van der Waals surface area contributed by atoms with Gasteiger partial charge in [-0.3, -0.25) is 4.79 Å². The molecule has 1 rings (SSSR count). The van der Waals surface area contributed by atoms with Gasteiger partial charge in [-0.15, -0.1) is 0 Å². The van der Waals surface area contributed by atoms with E-state index in [2.05, 4.69) is 17.3 Å². The Morgan fingerprint density at radius 2 is 2.40 bits per heavy atom. The molecule has 1 heterocycles. The summed E-state index contributed by atoms with van der Waals surface area (Å²) in [6.45, 7) is 2.24. The van der Waals surface area contributed by atoms with Gasteiger partial charge in [-0.1, -0.05) is 0 Å². The molecule has 1 fully saturated rings. The van der Waals surface area contributed by atoms with Gasteiger partial charge in [-0.05, 0) is 39.4 Å². The van der Waals surface area contributed by atoms with Gasteiger partial charge in [-0.2, -0.15) is 0 Å². The number of carbonyl (C=O) groups excluding carboxylic acids is 1. The number of hydrogen-bond acceptors (Lipinski definition) is 4. The molecule has 15 heavy (non-hydrogen) atoms. The molecular weight excluding hydrogens is 192 g/mol. The highest BCUT2D eigenvalue weighted by Crippen LogP contribution is 2.20. The molecular formula is C11H22N2O2. The van der Waals surface area contributed by atoms with Gasteiger partial charge in [0.05, 0.1) is 13.5 Å². The van der Waals surface area contributed by atoms with Gasteiger partial charge in [0.1, 0.15) is 0 Å². The largest absolute Gasteiger partial charge is 0.469 e. The summed E-state index contributed by atoms with van der Waals surface area (Å²) in [5.74, 6) is 0.440. The van der Waals surface area contributed by atoms with Crippen LogP contribution in [0.2, 0.25) is 0 Å². The van der Waals surface area contributed by atoms with Crippen molar-refractivity contribution >= 4 is 5.97 Å². The Bertz CT molecular complexity index is 209. The molecule has 0 aromatic rings. The number of esters is 1. The van der Waals surface area contributed by atoms with Gasteiger partial charge in [-0.25, -0.2) is 0 Å². The molecule has 2 atom stereocenters. The first kappa shape index (κ1) is 12.5. The molecule has 88 valence electrons. The number of rotatable bonds is 4. The van der Waals surface area contributed by atoms with Crippen molar-refractivity contribution in [1.29, 1.82) is 0 Å². The molecule has 1 aliphatic rings. The molecule has 0 amide bonds. The zero-order valence-electron chi connectivity index (χ0n) is 9.95.